The second kappa shape index (κ2) is 11.6. The SMILES string of the molecule is CC([O-])=Nc1ccc(Nc2cc(S(=O)(=O)O)c(N)c3c2C(=O)c2c(cccc2S(=O)(=O)[O-])C3=O)cc1.[Na+].[Na+]. The zero-order chi connectivity index (χ0) is 26.6. The monoisotopic (exact) mass is 575 g/mol. The van der Waals surface area contributed by atoms with Crippen LogP contribution >= 0.6 is 0 Å². The number of hydrogen-bond donors (Lipinski definition) is 3. The molecule has 0 heterocycles. The number of rotatable bonds is 5. The van der Waals surface area contributed by atoms with Crippen LogP contribution in [0, 0.1) is 0 Å². The van der Waals surface area contributed by atoms with Crippen molar-refractivity contribution < 1.29 is 99.8 Å². The minimum Gasteiger partial charge on any atom is -0.862 e. The molecule has 16 heteroatoms. The Morgan fingerprint density at radius 2 is 1.53 bits per heavy atom. The van der Waals surface area contributed by atoms with E-state index in [2.05, 4.69) is 10.3 Å². The summed E-state index contributed by atoms with van der Waals surface area (Å²) in [7, 11) is -10.2. The number of fused-ring (bicyclic) bond motifs is 2. The molecule has 4 N–H and O–H groups in total. The first-order valence-electron chi connectivity index (χ1n) is 9.92. The summed E-state index contributed by atoms with van der Waals surface area (Å²) in [5.41, 5.74) is 3.16. The second-order valence-corrected chi connectivity index (χ2v) is 10.4. The van der Waals surface area contributed by atoms with Crippen molar-refractivity contribution in [3.8, 4) is 0 Å². The summed E-state index contributed by atoms with van der Waals surface area (Å²) in [6, 6.07) is 9.57. The van der Waals surface area contributed by atoms with Gasteiger partial charge >= 0.3 is 59.1 Å². The van der Waals surface area contributed by atoms with E-state index >= 15 is 0 Å². The van der Waals surface area contributed by atoms with E-state index in [-0.39, 0.29) is 70.5 Å². The average Bonchev–Trinajstić information content (AvgIpc) is 2.77. The van der Waals surface area contributed by atoms with E-state index in [0.717, 1.165) is 24.3 Å². The molecule has 0 saturated carbocycles. The van der Waals surface area contributed by atoms with Crippen molar-refractivity contribution in [2.24, 2.45) is 4.99 Å². The molecule has 1 aliphatic carbocycles. The molecule has 0 aliphatic heterocycles. The fourth-order valence-corrected chi connectivity index (χ4v) is 5.18. The molecular formula is C22H15N3Na2O9S2. The summed E-state index contributed by atoms with van der Waals surface area (Å²) in [5, 5.41) is 13.9. The van der Waals surface area contributed by atoms with Gasteiger partial charge in [-0.1, -0.05) is 12.1 Å². The number of benzene rings is 3. The molecule has 0 unspecified atom stereocenters. The van der Waals surface area contributed by atoms with Gasteiger partial charge in [-0.05, 0) is 49.2 Å². The van der Waals surface area contributed by atoms with Crippen LogP contribution in [0.25, 0.3) is 0 Å². The van der Waals surface area contributed by atoms with Crippen LogP contribution in [0.3, 0.4) is 0 Å². The standard InChI is InChI=1S/C22H17N3O9S2.2Na/c1-10(26)24-11-5-7-12(8-6-11)25-14-9-16(36(32,33)34)20(23)19-18(14)22(28)17-13(21(19)27)3-2-4-15(17)35(29,30)31;;/h2-9,25H,23H2,1H3,(H,24,26)(H,29,30,31)(H,32,33,34);;/q;2*+1/p-2. The Balaban J connectivity index is 0.00000253. The van der Waals surface area contributed by atoms with Crippen molar-refractivity contribution in [2.45, 2.75) is 16.7 Å². The number of ketones is 2. The van der Waals surface area contributed by atoms with E-state index in [4.69, 9.17) is 5.73 Å². The van der Waals surface area contributed by atoms with Crippen LogP contribution in [0.15, 0.2) is 63.3 Å². The van der Waals surface area contributed by atoms with Crippen LogP contribution in [-0.4, -0.2) is 43.4 Å². The third-order valence-corrected chi connectivity index (χ3v) is 7.03. The van der Waals surface area contributed by atoms with Gasteiger partial charge in [0.15, 0.2) is 11.6 Å². The third-order valence-electron chi connectivity index (χ3n) is 5.26. The Hall–Kier alpha value is -2.11. The molecule has 4 rings (SSSR count). The number of nitrogens with two attached hydrogens (primary N) is 1. The van der Waals surface area contributed by atoms with Crippen molar-refractivity contribution in [3.05, 3.63) is 70.8 Å². The average molecular weight is 575 g/mol. The summed E-state index contributed by atoms with van der Waals surface area (Å²) >= 11 is 0. The quantitative estimate of drug-likeness (QED) is 0.0675. The Bertz CT molecular complexity index is 1720. The number of carbonyl (C=O) groups is 2. The van der Waals surface area contributed by atoms with E-state index < -0.39 is 75.4 Å². The summed E-state index contributed by atoms with van der Waals surface area (Å²) in [4.78, 5) is 28.7. The number of hydrogen-bond acceptors (Lipinski definition) is 11. The smallest absolute Gasteiger partial charge is 0.862 e. The molecule has 0 aromatic heterocycles. The van der Waals surface area contributed by atoms with Gasteiger partial charge in [0, 0.05) is 11.3 Å². The predicted molar refractivity (Wildman–Crippen MR) is 124 cm³/mol. The van der Waals surface area contributed by atoms with Gasteiger partial charge in [-0.3, -0.25) is 19.1 Å². The largest absolute Gasteiger partial charge is 1.00 e. The summed E-state index contributed by atoms with van der Waals surface area (Å²) in [5.74, 6) is -2.55. The van der Waals surface area contributed by atoms with Crippen LogP contribution in [0.1, 0.15) is 38.8 Å². The van der Waals surface area contributed by atoms with E-state index in [1.54, 1.807) is 0 Å². The molecule has 38 heavy (non-hydrogen) atoms. The number of nitrogens with one attached hydrogen (secondary N) is 1. The van der Waals surface area contributed by atoms with E-state index in [1.165, 1.54) is 31.2 Å². The van der Waals surface area contributed by atoms with Gasteiger partial charge in [0.1, 0.15) is 15.0 Å². The van der Waals surface area contributed by atoms with Gasteiger partial charge in [-0.25, -0.2) is 8.42 Å². The van der Waals surface area contributed by atoms with Crippen LogP contribution in [-0.2, 0) is 20.2 Å². The number of nitrogens with zero attached hydrogens (tertiary/aromatic N) is 1. The van der Waals surface area contributed by atoms with E-state index in [0.29, 0.717) is 5.69 Å². The van der Waals surface area contributed by atoms with Gasteiger partial charge in [0.05, 0.1) is 38.6 Å². The molecule has 0 radical (unpaired) electrons. The van der Waals surface area contributed by atoms with Crippen molar-refractivity contribution in [1.82, 2.24) is 0 Å². The minimum absolute atomic E-state index is 0. The molecule has 1 aliphatic rings. The minimum atomic E-state index is -5.18. The van der Waals surface area contributed by atoms with Gasteiger partial charge < -0.3 is 20.7 Å². The zero-order valence-electron chi connectivity index (χ0n) is 20.2. The predicted octanol–water partition coefficient (Wildman–Crippen LogP) is -4.64. The maximum absolute atomic E-state index is 13.5. The van der Waals surface area contributed by atoms with Gasteiger partial charge in [-0.2, -0.15) is 8.42 Å². The topological polar surface area (TPSA) is 219 Å². The summed E-state index contributed by atoms with van der Waals surface area (Å²) in [6.45, 7) is 1.25. The fourth-order valence-electron chi connectivity index (χ4n) is 3.84. The van der Waals surface area contributed by atoms with Crippen LogP contribution in [0.5, 0.6) is 0 Å². The van der Waals surface area contributed by atoms with Crippen molar-refractivity contribution >= 4 is 60.5 Å². The maximum Gasteiger partial charge on any atom is 1.00 e. The molecule has 0 amide bonds. The van der Waals surface area contributed by atoms with Crippen LogP contribution in [0.2, 0.25) is 0 Å². The molecule has 12 nitrogen and oxygen atoms in total. The first-order valence-corrected chi connectivity index (χ1v) is 12.8. The van der Waals surface area contributed by atoms with Gasteiger partial charge in [-0.15, -0.1) is 0 Å². The molecule has 3 aromatic rings. The summed E-state index contributed by atoms with van der Waals surface area (Å²) < 4.78 is 69.1. The number of aliphatic imine (C=N–C) groups is 1. The Labute approximate surface area is 261 Å². The molecule has 0 atom stereocenters. The second-order valence-electron chi connectivity index (χ2n) is 7.65. The molecule has 3 aromatic carbocycles. The first-order chi connectivity index (χ1) is 16.7. The third kappa shape index (κ3) is 6.04. The van der Waals surface area contributed by atoms with Crippen molar-refractivity contribution in [1.29, 1.82) is 0 Å². The number of carbonyl (C=O) groups excluding carboxylic acids is 2. The Morgan fingerprint density at radius 1 is 0.921 bits per heavy atom. The molecule has 186 valence electrons. The molecule has 0 fully saturated rings. The van der Waals surface area contributed by atoms with Crippen LogP contribution in [0.4, 0.5) is 22.7 Å². The normalized spacial score (nSPS) is 13.1. The number of anilines is 3. The summed E-state index contributed by atoms with van der Waals surface area (Å²) in [6.07, 6.45) is 0. The Kier molecular flexibility index (Phi) is 9.76. The Morgan fingerprint density at radius 3 is 2.05 bits per heavy atom. The number of nitrogen functional groups attached to an aromatic ring is 1. The maximum atomic E-state index is 13.5. The molecular weight excluding hydrogens is 560 g/mol. The van der Waals surface area contributed by atoms with Crippen molar-refractivity contribution in [3.63, 3.8) is 0 Å². The van der Waals surface area contributed by atoms with Gasteiger partial charge in [0.25, 0.3) is 10.1 Å². The zero-order valence-corrected chi connectivity index (χ0v) is 25.8. The molecule has 0 spiro atoms. The first kappa shape index (κ1) is 32.1. The molecule has 0 bridgehead atoms. The van der Waals surface area contributed by atoms with Crippen molar-refractivity contribution in [2.75, 3.05) is 11.1 Å². The van der Waals surface area contributed by atoms with E-state index in [9.17, 15) is 40.6 Å². The van der Waals surface area contributed by atoms with E-state index in [1.807, 2.05) is 0 Å². The van der Waals surface area contributed by atoms with Crippen LogP contribution < -0.4 is 75.3 Å². The fraction of sp³-hybridized carbons (Fsp3) is 0.0455. The van der Waals surface area contributed by atoms with Gasteiger partial charge in [0.2, 0.25) is 0 Å². The molecule has 0 saturated heterocycles.